The van der Waals surface area contributed by atoms with Crippen molar-refractivity contribution in [1.82, 2.24) is 40.0 Å². The molecular formula is C22H22N10. The fourth-order valence-corrected chi connectivity index (χ4v) is 3.65. The Kier molecular flexibility index (Phi) is 6.04. The second kappa shape index (κ2) is 9.23. The van der Waals surface area contributed by atoms with Gasteiger partial charge in [0.2, 0.25) is 0 Å². The molecule has 0 atom stereocenters. The molecule has 0 bridgehead atoms. The van der Waals surface area contributed by atoms with Crippen molar-refractivity contribution in [1.29, 1.82) is 10.5 Å². The molecule has 0 radical (unpaired) electrons. The van der Waals surface area contributed by atoms with Crippen LogP contribution in [0.25, 0.3) is 17.2 Å². The van der Waals surface area contributed by atoms with E-state index in [1.54, 1.807) is 4.57 Å². The molecule has 0 fully saturated rings. The average Bonchev–Trinajstić information content (AvgIpc) is 3.53. The monoisotopic (exact) mass is 426 g/mol. The number of H-pyrrole nitrogens is 1. The Balaban J connectivity index is 1.68. The fourth-order valence-electron chi connectivity index (χ4n) is 3.65. The highest BCUT2D eigenvalue weighted by molar-refractivity contribution is 5.67. The number of benzene rings is 1. The summed E-state index contributed by atoms with van der Waals surface area (Å²) in [6.45, 7) is 4.87. The van der Waals surface area contributed by atoms with Crippen molar-refractivity contribution < 1.29 is 0 Å². The first-order valence-electron chi connectivity index (χ1n) is 10.5. The highest BCUT2D eigenvalue weighted by atomic mass is 15.5. The second-order valence-electron chi connectivity index (χ2n) is 7.37. The Morgan fingerprint density at radius 2 is 1.81 bits per heavy atom. The van der Waals surface area contributed by atoms with Crippen molar-refractivity contribution in [3.63, 3.8) is 0 Å². The van der Waals surface area contributed by atoms with E-state index in [0.29, 0.717) is 29.3 Å². The van der Waals surface area contributed by atoms with Crippen LogP contribution in [0.1, 0.15) is 55.2 Å². The number of nitrogens with zero attached hydrogens (tertiary/aromatic N) is 9. The second-order valence-corrected chi connectivity index (χ2v) is 7.37. The van der Waals surface area contributed by atoms with Gasteiger partial charge < -0.3 is 0 Å². The number of rotatable bonds is 8. The van der Waals surface area contributed by atoms with E-state index >= 15 is 0 Å². The lowest BCUT2D eigenvalue weighted by Crippen LogP contribution is -2.07. The van der Waals surface area contributed by atoms with Gasteiger partial charge in [-0.25, -0.2) is 14.8 Å². The van der Waals surface area contributed by atoms with Gasteiger partial charge in [-0.15, -0.1) is 5.10 Å². The molecule has 3 heterocycles. The van der Waals surface area contributed by atoms with Crippen molar-refractivity contribution in [2.24, 2.45) is 0 Å². The van der Waals surface area contributed by atoms with Gasteiger partial charge in [-0.3, -0.25) is 4.57 Å². The Morgan fingerprint density at radius 3 is 2.44 bits per heavy atom. The van der Waals surface area contributed by atoms with E-state index in [9.17, 15) is 10.5 Å². The van der Waals surface area contributed by atoms with Gasteiger partial charge in [0, 0.05) is 18.5 Å². The number of aromatic amines is 1. The fraction of sp³-hybridized carbons (Fsp3) is 0.318. The van der Waals surface area contributed by atoms with E-state index in [1.807, 2.05) is 28.9 Å². The van der Waals surface area contributed by atoms with Crippen LogP contribution in [-0.2, 0) is 19.4 Å². The van der Waals surface area contributed by atoms with E-state index < -0.39 is 0 Å². The minimum absolute atomic E-state index is 0.319. The molecular weight excluding hydrogens is 404 g/mol. The predicted octanol–water partition coefficient (Wildman–Crippen LogP) is 2.95. The third-order valence-electron chi connectivity index (χ3n) is 5.07. The van der Waals surface area contributed by atoms with Crippen LogP contribution in [0.4, 0.5) is 0 Å². The Labute approximate surface area is 185 Å². The van der Waals surface area contributed by atoms with Crippen LogP contribution in [0.2, 0.25) is 0 Å². The summed E-state index contributed by atoms with van der Waals surface area (Å²) in [5.74, 6) is 2.20. The summed E-state index contributed by atoms with van der Waals surface area (Å²) in [5.41, 5.74) is 2.89. The molecule has 0 aliphatic rings. The predicted molar refractivity (Wildman–Crippen MR) is 115 cm³/mol. The van der Waals surface area contributed by atoms with Crippen LogP contribution in [-0.4, -0.2) is 40.0 Å². The first kappa shape index (κ1) is 20.9. The van der Waals surface area contributed by atoms with E-state index in [1.165, 1.54) is 6.07 Å². The SMILES string of the molecule is CCCc1nc(CCC)n(Cc2ccc(-n3c(C#N)cc(C#N)c3-c3nnn[nH]3)cc2)n1. The van der Waals surface area contributed by atoms with Crippen LogP contribution in [0.15, 0.2) is 30.3 Å². The van der Waals surface area contributed by atoms with Crippen molar-refractivity contribution >= 4 is 0 Å². The molecule has 0 saturated carbocycles. The van der Waals surface area contributed by atoms with Gasteiger partial charge in [-0.05, 0) is 47.0 Å². The van der Waals surface area contributed by atoms with Crippen LogP contribution >= 0.6 is 0 Å². The quantitative estimate of drug-likeness (QED) is 0.457. The number of tetrazole rings is 1. The lowest BCUT2D eigenvalue weighted by Gasteiger charge is -2.11. The van der Waals surface area contributed by atoms with Crippen LogP contribution in [0.5, 0.6) is 0 Å². The minimum atomic E-state index is 0.319. The summed E-state index contributed by atoms with van der Waals surface area (Å²) in [5, 5.41) is 37.7. The number of aromatic nitrogens is 8. The summed E-state index contributed by atoms with van der Waals surface area (Å²) in [7, 11) is 0. The number of aryl methyl sites for hydroxylation is 2. The van der Waals surface area contributed by atoms with Crippen molar-refractivity contribution in [3.05, 3.63) is 58.8 Å². The van der Waals surface area contributed by atoms with Gasteiger partial charge in [-0.1, -0.05) is 26.0 Å². The third-order valence-corrected chi connectivity index (χ3v) is 5.07. The third kappa shape index (κ3) is 3.98. The maximum atomic E-state index is 9.63. The number of nitrogens with one attached hydrogen (secondary N) is 1. The molecule has 0 spiro atoms. The zero-order chi connectivity index (χ0) is 22.5. The molecule has 10 heteroatoms. The average molecular weight is 426 g/mol. The molecule has 0 amide bonds. The summed E-state index contributed by atoms with van der Waals surface area (Å²) < 4.78 is 3.65. The lowest BCUT2D eigenvalue weighted by atomic mass is 10.2. The van der Waals surface area contributed by atoms with E-state index in [2.05, 4.69) is 56.7 Å². The molecule has 3 aromatic heterocycles. The molecule has 10 nitrogen and oxygen atoms in total. The molecule has 160 valence electrons. The topological polar surface area (TPSA) is 138 Å². The van der Waals surface area contributed by atoms with Crippen LogP contribution in [0.3, 0.4) is 0 Å². The van der Waals surface area contributed by atoms with Crippen LogP contribution < -0.4 is 0 Å². The maximum absolute atomic E-state index is 9.63. The maximum Gasteiger partial charge on any atom is 0.197 e. The number of hydrogen-bond donors (Lipinski definition) is 1. The molecule has 0 unspecified atom stereocenters. The highest BCUT2D eigenvalue weighted by Gasteiger charge is 2.21. The summed E-state index contributed by atoms with van der Waals surface area (Å²) in [4.78, 5) is 4.68. The van der Waals surface area contributed by atoms with E-state index in [-0.39, 0.29) is 0 Å². The molecule has 1 N–H and O–H groups in total. The smallest absolute Gasteiger partial charge is 0.197 e. The molecule has 0 saturated heterocycles. The Hall–Kier alpha value is -4.31. The molecule has 1 aromatic carbocycles. The highest BCUT2D eigenvalue weighted by Crippen LogP contribution is 2.28. The van der Waals surface area contributed by atoms with Gasteiger partial charge in [0.15, 0.2) is 11.6 Å². The first-order chi connectivity index (χ1) is 15.7. The zero-order valence-corrected chi connectivity index (χ0v) is 17.9. The normalized spacial score (nSPS) is 10.8. The first-order valence-corrected chi connectivity index (χ1v) is 10.5. The molecule has 4 aromatic rings. The molecule has 32 heavy (non-hydrogen) atoms. The van der Waals surface area contributed by atoms with E-state index in [0.717, 1.165) is 48.6 Å². The van der Waals surface area contributed by atoms with Gasteiger partial charge in [-0.2, -0.15) is 15.6 Å². The summed E-state index contributed by atoms with van der Waals surface area (Å²) in [6.07, 6.45) is 3.77. The van der Waals surface area contributed by atoms with Crippen molar-refractivity contribution in [3.8, 4) is 29.3 Å². The van der Waals surface area contributed by atoms with Crippen molar-refractivity contribution in [2.45, 2.75) is 46.1 Å². The summed E-state index contributed by atoms with van der Waals surface area (Å²) in [6, 6.07) is 13.6. The number of hydrogen-bond acceptors (Lipinski definition) is 7. The van der Waals surface area contributed by atoms with Crippen LogP contribution in [0, 0.1) is 22.7 Å². The standard InChI is InChI=1S/C22H22N10/c1-3-5-19-25-20(6-4-2)31(28-19)14-15-7-9-17(10-8-15)32-18(13-24)11-16(12-23)21(32)22-26-29-30-27-22/h7-11H,3-6,14H2,1-2H3,(H,26,27,29,30). The van der Waals surface area contributed by atoms with Crippen molar-refractivity contribution in [2.75, 3.05) is 0 Å². The van der Waals surface area contributed by atoms with Gasteiger partial charge in [0.25, 0.3) is 0 Å². The van der Waals surface area contributed by atoms with Gasteiger partial charge in [0.1, 0.15) is 29.4 Å². The minimum Gasteiger partial charge on any atom is -0.297 e. The molecule has 4 rings (SSSR count). The van der Waals surface area contributed by atoms with Gasteiger partial charge >= 0.3 is 0 Å². The Morgan fingerprint density at radius 1 is 1.03 bits per heavy atom. The number of nitriles is 2. The summed E-state index contributed by atoms with van der Waals surface area (Å²) >= 11 is 0. The lowest BCUT2D eigenvalue weighted by molar-refractivity contribution is 0.623. The van der Waals surface area contributed by atoms with E-state index in [4.69, 9.17) is 0 Å². The molecule has 0 aliphatic heterocycles. The Bertz CT molecular complexity index is 1280. The zero-order valence-electron chi connectivity index (χ0n) is 17.9. The molecule has 0 aliphatic carbocycles. The van der Waals surface area contributed by atoms with Gasteiger partial charge in [0.05, 0.1) is 12.1 Å². The largest absolute Gasteiger partial charge is 0.297 e.